The number of ether oxygens (including phenoxy) is 1. The third-order valence-corrected chi connectivity index (χ3v) is 3.61. The van der Waals surface area contributed by atoms with Crippen molar-refractivity contribution in [3.63, 3.8) is 0 Å². The summed E-state index contributed by atoms with van der Waals surface area (Å²) in [6, 6.07) is 16.2. The summed E-state index contributed by atoms with van der Waals surface area (Å²) in [6.07, 6.45) is 0. The van der Waals surface area contributed by atoms with Crippen LogP contribution in [-0.2, 0) is 4.74 Å². The van der Waals surface area contributed by atoms with Gasteiger partial charge in [-0.05, 0) is 42.5 Å². The van der Waals surface area contributed by atoms with E-state index in [2.05, 4.69) is 34.5 Å². The molecule has 0 unspecified atom stereocenters. The van der Waals surface area contributed by atoms with E-state index in [0.29, 0.717) is 0 Å². The summed E-state index contributed by atoms with van der Waals surface area (Å²) in [5, 5.41) is 4.14. The summed E-state index contributed by atoms with van der Waals surface area (Å²) in [6.45, 7) is 3.50. The van der Waals surface area contributed by atoms with E-state index in [0.717, 1.165) is 42.7 Å². The van der Waals surface area contributed by atoms with E-state index in [9.17, 15) is 0 Å². The van der Waals surface area contributed by atoms with Gasteiger partial charge in [-0.2, -0.15) is 0 Å². The number of nitrogens with zero attached hydrogens (tertiary/aromatic N) is 1. The zero-order valence-corrected chi connectivity index (χ0v) is 11.9. The average Bonchev–Trinajstić information content (AvgIpc) is 2.51. The maximum absolute atomic E-state index is 5.90. The van der Waals surface area contributed by atoms with Gasteiger partial charge < -0.3 is 15.0 Å². The van der Waals surface area contributed by atoms with Crippen molar-refractivity contribution >= 4 is 28.7 Å². The van der Waals surface area contributed by atoms with E-state index < -0.39 is 0 Å². The number of benzene rings is 2. The van der Waals surface area contributed by atoms with Crippen LogP contribution in [0.2, 0.25) is 5.02 Å². The number of hydrogen-bond acceptors (Lipinski definition) is 3. The number of hydrogen-bond donors (Lipinski definition) is 1. The normalized spacial score (nSPS) is 15.2. The fourth-order valence-electron chi connectivity index (χ4n) is 2.30. The second kappa shape index (κ2) is 6.16. The molecule has 0 aliphatic carbocycles. The molecule has 1 N–H and O–H groups in total. The Bertz CT molecular complexity index is 565. The molecular formula is C16H17ClN2O. The predicted octanol–water partition coefficient (Wildman–Crippen LogP) is 3.92. The minimum atomic E-state index is 0.748. The Balaban J connectivity index is 1.75. The molecule has 20 heavy (non-hydrogen) atoms. The van der Waals surface area contributed by atoms with Crippen LogP contribution >= 0.6 is 11.6 Å². The molecule has 0 atom stereocenters. The molecule has 3 nitrogen and oxygen atoms in total. The van der Waals surface area contributed by atoms with Crippen molar-refractivity contribution in [3.05, 3.63) is 53.6 Å². The van der Waals surface area contributed by atoms with Gasteiger partial charge in [0.05, 0.1) is 13.2 Å². The van der Waals surface area contributed by atoms with Gasteiger partial charge in [-0.25, -0.2) is 0 Å². The van der Waals surface area contributed by atoms with Gasteiger partial charge in [0, 0.05) is 35.2 Å². The summed E-state index contributed by atoms with van der Waals surface area (Å²) in [7, 11) is 0. The topological polar surface area (TPSA) is 24.5 Å². The first-order valence-corrected chi connectivity index (χ1v) is 7.14. The third-order valence-electron chi connectivity index (χ3n) is 3.36. The molecule has 3 rings (SSSR count). The van der Waals surface area contributed by atoms with Crippen molar-refractivity contribution in [2.24, 2.45) is 0 Å². The molecule has 0 spiro atoms. The zero-order valence-electron chi connectivity index (χ0n) is 11.2. The Morgan fingerprint density at radius 1 is 0.950 bits per heavy atom. The van der Waals surface area contributed by atoms with Crippen molar-refractivity contribution in [1.82, 2.24) is 0 Å². The van der Waals surface area contributed by atoms with Crippen LogP contribution in [0.4, 0.5) is 17.1 Å². The molecule has 4 heteroatoms. The molecule has 0 amide bonds. The van der Waals surface area contributed by atoms with Gasteiger partial charge in [-0.1, -0.05) is 17.7 Å². The molecular weight excluding hydrogens is 272 g/mol. The van der Waals surface area contributed by atoms with Crippen molar-refractivity contribution in [2.45, 2.75) is 0 Å². The van der Waals surface area contributed by atoms with Gasteiger partial charge in [-0.15, -0.1) is 0 Å². The number of nitrogens with one attached hydrogen (secondary N) is 1. The van der Waals surface area contributed by atoms with Gasteiger partial charge >= 0.3 is 0 Å². The number of rotatable bonds is 3. The highest BCUT2D eigenvalue weighted by Crippen LogP contribution is 2.24. The Hall–Kier alpha value is -1.71. The third kappa shape index (κ3) is 3.24. The standard InChI is InChI=1S/C16H17ClN2O/c17-13-4-6-14(7-5-13)18-15-2-1-3-16(12-15)19-8-10-20-11-9-19/h1-7,12,18H,8-11H2. The number of anilines is 3. The summed E-state index contributed by atoms with van der Waals surface area (Å²) < 4.78 is 5.39. The minimum absolute atomic E-state index is 0.748. The Morgan fingerprint density at radius 3 is 2.45 bits per heavy atom. The molecule has 0 saturated carbocycles. The first kappa shape index (κ1) is 13.3. The summed E-state index contributed by atoms with van der Waals surface area (Å²) in [5.41, 5.74) is 3.34. The van der Waals surface area contributed by atoms with Crippen LogP contribution in [0.15, 0.2) is 48.5 Å². The smallest absolute Gasteiger partial charge is 0.0642 e. The fraction of sp³-hybridized carbons (Fsp3) is 0.250. The van der Waals surface area contributed by atoms with E-state index in [1.165, 1.54) is 5.69 Å². The lowest BCUT2D eigenvalue weighted by molar-refractivity contribution is 0.122. The van der Waals surface area contributed by atoms with Crippen LogP contribution < -0.4 is 10.2 Å². The quantitative estimate of drug-likeness (QED) is 0.926. The van der Waals surface area contributed by atoms with E-state index in [1.807, 2.05) is 24.3 Å². The molecule has 1 aliphatic heterocycles. The molecule has 2 aromatic rings. The lowest BCUT2D eigenvalue weighted by atomic mass is 10.2. The molecule has 0 radical (unpaired) electrons. The van der Waals surface area contributed by atoms with Gasteiger partial charge in [-0.3, -0.25) is 0 Å². The highest BCUT2D eigenvalue weighted by atomic mass is 35.5. The van der Waals surface area contributed by atoms with E-state index >= 15 is 0 Å². The molecule has 1 saturated heterocycles. The molecule has 1 fully saturated rings. The monoisotopic (exact) mass is 288 g/mol. The summed E-state index contributed by atoms with van der Waals surface area (Å²) >= 11 is 5.90. The van der Waals surface area contributed by atoms with Crippen molar-refractivity contribution < 1.29 is 4.74 Å². The Kier molecular flexibility index (Phi) is 4.09. The maximum Gasteiger partial charge on any atom is 0.0642 e. The molecule has 1 heterocycles. The summed E-state index contributed by atoms with van der Waals surface area (Å²) in [4.78, 5) is 2.34. The SMILES string of the molecule is Clc1ccc(Nc2cccc(N3CCOCC3)c2)cc1. The van der Waals surface area contributed by atoms with Crippen molar-refractivity contribution in [2.75, 3.05) is 36.5 Å². The van der Waals surface area contributed by atoms with Gasteiger partial charge in [0.1, 0.15) is 0 Å². The first-order chi connectivity index (χ1) is 9.81. The fourth-order valence-corrected chi connectivity index (χ4v) is 2.43. The second-order valence-corrected chi connectivity index (χ2v) is 5.22. The largest absolute Gasteiger partial charge is 0.378 e. The van der Waals surface area contributed by atoms with Gasteiger partial charge in [0.25, 0.3) is 0 Å². The molecule has 0 aromatic heterocycles. The predicted molar refractivity (Wildman–Crippen MR) is 84.2 cm³/mol. The molecule has 2 aromatic carbocycles. The van der Waals surface area contributed by atoms with Crippen LogP contribution in [0.3, 0.4) is 0 Å². The van der Waals surface area contributed by atoms with Crippen LogP contribution in [-0.4, -0.2) is 26.3 Å². The lowest BCUT2D eigenvalue weighted by Gasteiger charge is -2.29. The van der Waals surface area contributed by atoms with Gasteiger partial charge in [0.15, 0.2) is 0 Å². The highest BCUT2D eigenvalue weighted by Gasteiger charge is 2.11. The molecule has 1 aliphatic rings. The number of morpholine rings is 1. The summed E-state index contributed by atoms with van der Waals surface area (Å²) in [5.74, 6) is 0. The Morgan fingerprint density at radius 2 is 1.70 bits per heavy atom. The average molecular weight is 289 g/mol. The van der Waals surface area contributed by atoms with Crippen molar-refractivity contribution in [3.8, 4) is 0 Å². The maximum atomic E-state index is 5.90. The number of halogens is 1. The lowest BCUT2D eigenvalue weighted by Crippen LogP contribution is -2.36. The second-order valence-electron chi connectivity index (χ2n) is 4.78. The minimum Gasteiger partial charge on any atom is -0.378 e. The van der Waals surface area contributed by atoms with Crippen molar-refractivity contribution in [1.29, 1.82) is 0 Å². The highest BCUT2D eigenvalue weighted by molar-refractivity contribution is 6.30. The van der Waals surface area contributed by atoms with Crippen LogP contribution in [0.1, 0.15) is 0 Å². The molecule has 104 valence electrons. The van der Waals surface area contributed by atoms with Crippen LogP contribution in [0.5, 0.6) is 0 Å². The van der Waals surface area contributed by atoms with E-state index in [1.54, 1.807) is 0 Å². The van der Waals surface area contributed by atoms with E-state index in [-0.39, 0.29) is 0 Å². The first-order valence-electron chi connectivity index (χ1n) is 6.77. The van der Waals surface area contributed by atoms with Gasteiger partial charge in [0.2, 0.25) is 0 Å². The Labute approximate surface area is 124 Å². The zero-order chi connectivity index (χ0) is 13.8. The van der Waals surface area contributed by atoms with Crippen LogP contribution in [0, 0.1) is 0 Å². The van der Waals surface area contributed by atoms with Crippen LogP contribution in [0.25, 0.3) is 0 Å². The molecule has 0 bridgehead atoms. The van der Waals surface area contributed by atoms with E-state index in [4.69, 9.17) is 16.3 Å².